The second-order valence-electron chi connectivity index (χ2n) is 2.79. The molecule has 0 aliphatic heterocycles. The van der Waals surface area contributed by atoms with Crippen molar-refractivity contribution in [2.24, 2.45) is 0 Å². The molecule has 0 N–H and O–H groups in total. The predicted molar refractivity (Wildman–Crippen MR) is 60.8 cm³/mol. The summed E-state index contributed by atoms with van der Waals surface area (Å²) in [7, 11) is 0. The number of aromatic nitrogens is 3. The van der Waals surface area contributed by atoms with Crippen molar-refractivity contribution in [1.29, 1.82) is 0 Å². The molecule has 2 aromatic heterocycles. The van der Waals surface area contributed by atoms with E-state index in [2.05, 4.69) is 15.0 Å². The van der Waals surface area contributed by atoms with E-state index in [0.717, 1.165) is 16.3 Å². The monoisotopic (exact) mass is 237 g/mol. The molecule has 0 bridgehead atoms. The number of hydrogen-bond donors (Lipinski definition) is 0. The van der Waals surface area contributed by atoms with Crippen LogP contribution in [-0.2, 0) is 5.75 Å². The molecule has 3 nitrogen and oxygen atoms in total. The molecule has 2 heterocycles. The molecule has 5 heteroatoms. The molecule has 0 spiro atoms. The Balaban J connectivity index is 2.03. The summed E-state index contributed by atoms with van der Waals surface area (Å²) >= 11 is 7.52. The van der Waals surface area contributed by atoms with Crippen LogP contribution in [0.15, 0.2) is 41.9 Å². The summed E-state index contributed by atoms with van der Waals surface area (Å²) in [5.41, 5.74) is 1.01. The fourth-order valence-corrected chi connectivity index (χ4v) is 2.11. The Kier molecular flexibility index (Phi) is 3.53. The van der Waals surface area contributed by atoms with Crippen molar-refractivity contribution in [2.45, 2.75) is 10.8 Å². The van der Waals surface area contributed by atoms with Gasteiger partial charge in [0.2, 0.25) is 0 Å². The molecule has 0 aromatic carbocycles. The van der Waals surface area contributed by atoms with Gasteiger partial charge < -0.3 is 0 Å². The lowest BCUT2D eigenvalue weighted by Gasteiger charge is -2.01. The van der Waals surface area contributed by atoms with Crippen molar-refractivity contribution in [1.82, 2.24) is 15.0 Å². The van der Waals surface area contributed by atoms with E-state index in [4.69, 9.17) is 11.6 Å². The van der Waals surface area contributed by atoms with Crippen molar-refractivity contribution in [2.75, 3.05) is 0 Å². The van der Waals surface area contributed by atoms with Gasteiger partial charge in [-0.15, -0.1) is 0 Å². The smallest absolute Gasteiger partial charge is 0.133 e. The van der Waals surface area contributed by atoms with Crippen LogP contribution in [0.25, 0.3) is 0 Å². The Morgan fingerprint density at radius 3 is 2.87 bits per heavy atom. The maximum absolute atomic E-state index is 5.93. The van der Waals surface area contributed by atoms with Crippen LogP contribution < -0.4 is 0 Å². The largest absolute Gasteiger partial charge is 0.260 e. The van der Waals surface area contributed by atoms with E-state index in [1.165, 1.54) is 0 Å². The number of rotatable bonds is 3. The third-order valence-electron chi connectivity index (χ3n) is 1.75. The fraction of sp³-hybridized carbons (Fsp3) is 0.100. The zero-order valence-corrected chi connectivity index (χ0v) is 9.37. The minimum atomic E-state index is 0.550. The first-order valence-electron chi connectivity index (χ1n) is 4.34. The molecule has 0 fully saturated rings. The molecule has 0 saturated heterocycles. The van der Waals surface area contributed by atoms with Gasteiger partial charge in [-0.3, -0.25) is 4.98 Å². The summed E-state index contributed by atoms with van der Waals surface area (Å²) in [6.45, 7) is 0. The van der Waals surface area contributed by atoms with E-state index >= 15 is 0 Å². The highest BCUT2D eigenvalue weighted by Gasteiger charge is 2.01. The SMILES string of the molecule is Clc1ncccc1CSc1cnccn1. The minimum absolute atomic E-state index is 0.550. The minimum Gasteiger partial charge on any atom is -0.260 e. The molecular weight excluding hydrogens is 230 g/mol. The molecule has 76 valence electrons. The van der Waals surface area contributed by atoms with Gasteiger partial charge in [-0.2, -0.15) is 0 Å². The normalized spacial score (nSPS) is 10.2. The highest BCUT2D eigenvalue weighted by atomic mass is 35.5. The summed E-state index contributed by atoms with van der Waals surface area (Å²) in [6, 6.07) is 3.83. The van der Waals surface area contributed by atoms with Crippen LogP contribution >= 0.6 is 23.4 Å². The van der Waals surface area contributed by atoms with Crippen LogP contribution in [0.5, 0.6) is 0 Å². The molecule has 0 unspecified atom stereocenters. The maximum Gasteiger partial charge on any atom is 0.133 e. The highest BCUT2D eigenvalue weighted by Crippen LogP contribution is 2.22. The van der Waals surface area contributed by atoms with Gasteiger partial charge in [0.05, 0.1) is 6.20 Å². The summed E-state index contributed by atoms with van der Waals surface area (Å²) in [5.74, 6) is 0.755. The first-order valence-corrected chi connectivity index (χ1v) is 5.71. The first kappa shape index (κ1) is 10.4. The quantitative estimate of drug-likeness (QED) is 0.608. The number of nitrogens with zero attached hydrogens (tertiary/aromatic N) is 3. The molecule has 0 aliphatic carbocycles. The van der Waals surface area contributed by atoms with Gasteiger partial charge in [0.1, 0.15) is 10.2 Å². The van der Waals surface area contributed by atoms with Crippen LogP contribution in [0.3, 0.4) is 0 Å². The zero-order valence-electron chi connectivity index (χ0n) is 7.80. The topological polar surface area (TPSA) is 38.7 Å². The van der Waals surface area contributed by atoms with Crippen molar-refractivity contribution < 1.29 is 0 Å². The molecule has 0 atom stereocenters. The van der Waals surface area contributed by atoms with Crippen molar-refractivity contribution in [3.8, 4) is 0 Å². The Hall–Kier alpha value is -1.13. The average molecular weight is 238 g/mol. The maximum atomic E-state index is 5.93. The van der Waals surface area contributed by atoms with Gasteiger partial charge in [-0.1, -0.05) is 29.4 Å². The Morgan fingerprint density at radius 1 is 1.20 bits per heavy atom. The molecule has 0 amide bonds. The van der Waals surface area contributed by atoms with Gasteiger partial charge in [0, 0.05) is 24.3 Å². The van der Waals surface area contributed by atoms with E-state index in [9.17, 15) is 0 Å². The van der Waals surface area contributed by atoms with Crippen LogP contribution in [0.1, 0.15) is 5.56 Å². The molecule has 2 rings (SSSR count). The van der Waals surface area contributed by atoms with Crippen LogP contribution in [-0.4, -0.2) is 15.0 Å². The fourth-order valence-electron chi connectivity index (χ4n) is 1.04. The molecule has 0 saturated carbocycles. The second-order valence-corrected chi connectivity index (χ2v) is 4.14. The van der Waals surface area contributed by atoms with Crippen molar-refractivity contribution in [3.63, 3.8) is 0 Å². The van der Waals surface area contributed by atoms with Crippen molar-refractivity contribution in [3.05, 3.63) is 47.6 Å². The van der Waals surface area contributed by atoms with Gasteiger partial charge >= 0.3 is 0 Å². The third-order valence-corrected chi connectivity index (χ3v) is 3.05. The lowest BCUT2D eigenvalue weighted by molar-refractivity contribution is 1.05. The molecular formula is C10H8ClN3S. The van der Waals surface area contributed by atoms with E-state index in [0.29, 0.717) is 5.15 Å². The van der Waals surface area contributed by atoms with Gasteiger partial charge in [0.25, 0.3) is 0 Å². The van der Waals surface area contributed by atoms with Gasteiger partial charge in [-0.25, -0.2) is 9.97 Å². The zero-order chi connectivity index (χ0) is 10.5. The van der Waals surface area contributed by atoms with E-state index in [-0.39, 0.29) is 0 Å². The molecule has 2 aromatic rings. The van der Waals surface area contributed by atoms with Gasteiger partial charge in [-0.05, 0) is 11.6 Å². The van der Waals surface area contributed by atoms with Crippen molar-refractivity contribution >= 4 is 23.4 Å². The van der Waals surface area contributed by atoms with E-state index in [1.54, 1.807) is 36.5 Å². The molecule has 0 radical (unpaired) electrons. The lowest BCUT2D eigenvalue weighted by atomic mass is 10.3. The lowest BCUT2D eigenvalue weighted by Crippen LogP contribution is -1.86. The standard InChI is InChI=1S/C10H8ClN3S/c11-10-8(2-1-3-14-10)7-15-9-6-12-4-5-13-9/h1-6H,7H2. The van der Waals surface area contributed by atoms with Crippen LogP contribution in [0.2, 0.25) is 5.15 Å². The third kappa shape index (κ3) is 2.91. The van der Waals surface area contributed by atoms with Crippen LogP contribution in [0, 0.1) is 0 Å². The number of pyridine rings is 1. The Labute approximate surface area is 96.9 Å². The molecule has 0 aliphatic rings. The first-order chi connectivity index (χ1) is 7.36. The Morgan fingerprint density at radius 2 is 2.13 bits per heavy atom. The number of hydrogen-bond acceptors (Lipinski definition) is 4. The summed E-state index contributed by atoms with van der Waals surface area (Å²) < 4.78 is 0. The van der Waals surface area contributed by atoms with E-state index < -0.39 is 0 Å². The van der Waals surface area contributed by atoms with E-state index in [1.807, 2.05) is 12.1 Å². The number of halogens is 1. The summed E-state index contributed by atoms with van der Waals surface area (Å²) in [4.78, 5) is 12.2. The average Bonchev–Trinajstić information content (AvgIpc) is 2.29. The summed E-state index contributed by atoms with van der Waals surface area (Å²) in [5, 5.41) is 1.44. The Bertz CT molecular complexity index is 436. The summed E-state index contributed by atoms with van der Waals surface area (Å²) in [6.07, 6.45) is 6.74. The highest BCUT2D eigenvalue weighted by molar-refractivity contribution is 7.98. The number of thioether (sulfide) groups is 1. The van der Waals surface area contributed by atoms with Crippen LogP contribution in [0.4, 0.5) is 0 Å². The predicted octanol–water partition coefficient (Wildman–Crippen LogP) is 2.82. The molecule has 15 heavy (non-hydrogen) atoms. The second kappa shape index (κ2) is 5.09. The van der Waals surface area contributed by atoms with Gasteiger partial charge in [0.15, 0.2) is 0 Å².